The zero-order valence-corrected chi connectivity index (χ0v) is 19.4. The lowest BCUT2D eigenvalue weighted by Crippen LogP contribution is -2.26. The molecule has 4 rings (SSSR count). The van der Waals surface area contributed by atoms with E-state index in [0.717, 1.165) is 42.9 Å². The molecule has 8 heteroatoms. The van der Waals surface area contributed by atoms with Crippen molar-refractivity contribution >= 4 is 44.2 Å². The van der Waals surface area contributed by atoms with Crippen LogP contribution >= 0.6 is 22.7 Å². The molecular weight excluding hydrogens is 416 g/mol. The molecule has 0 amide bonds. The smallest absolute Gasteiger partial charge is 0.127 e. The fourth-order valence-electron chi connectivity index (χ4n) is 3.43. The molecule has 0 radical (unpaired) electrons. The first-order valence-corrected chi connectivity index (χ1v) is 11.9. The Hall–Kier alpha value is -1.84. The molecule has 3 N–H and O–H groups in total. The predicted molar refractivity (Wildman–Crippen MR) is 128 cm³/mol. The summed E-state index contributed by atoms with van der Waals surface area (Å²) in [7, 11) is 3.66. The number of anilines is 1. The lowest BCUT2D eigenvalue weighted by molar-refractivity contribution is -0.107. The van der Waals surface area contributed by atoms with E-state index in [-0.39, 0.29) is 0 Å². The van der Waals surface area contributed by atoms with Crippen molar-refractivity contribution in [3.8, 4) is 10.6 Å². The van der Waals surface area contributed by atoms with Crippen molar-refractivity contribution in [3.63, 3.8) is 0 Å². The van der Waals surface area contributed by atoms with Crippen molar-refractivity contribution in [3.05, 3.63) is 34.7 Å². The van der Waals surface area contributed by atoms with Crippen LogP contribution in [-0.2, 0) is 16.0 Å². The number of aldehydes is 1. The highest BCUT2D eigenvalue weighted by atomic mass is 32.1. The highest BCUT2D eigenvalue weighted by molar-refractivity contribution is 7.22. The number of nitrogens with zero attached hydrogens (tertiary/aromatic N) is 1. The van der Waals surface area contributed by atoms with Crippen LogP contribution in [-0.4, -0.2) is 51.7 Å². The van der Waals surface area contributed by atoms with Gasteiger partial charge in [-0.25, -0.2) is 4.98 Å². The summed E-state index contributed by atoms with van der Waals surface area (Å²) in [6.45, 7) is 5.58. The van der Waals surface area contributed by atoms with Crippen LogP contribution in [0.3, 0.4) is 0 Å². The van der Waals surface area contributed by atoms with Crippen LogP contribution in [0.25, 0.3) is 20.8 Å². The van der Waals surface area contributed by atoms with E-state index < -0.39 is 0 Å². The van der Waals surface area contributed by atoms with Crippen LogP contribution < -0.4 is 16.0 Å². The molecule has 0 aliphatic carbocycles. The number of ether oxygens (including phenoxy) is 1. The normalized spacial score (nSPS) is 15.4. The van der Waals surface area contributed by atoms with E-state index in [0.29, 0.717) is 19.1 Å². The highest BCUT2D eigenvalue weighted by Gasteiger charge is 2.26. The number of carbonyl (C=O) groups is 1. The first-order chi connectivity index (χ1) is 14.7. The summed E-state index contributed by atoms with van der Waals surface area (Å²) >= 11 is 3.66. The minimum atomic E-state index is 0.439. The number of hydrogen-bond donors (Lipinski definition) is 3. The van der Waals surface area contributed by atoms with Crippen molar-refractivity contribution in [2.24, 2.45) is 0 Å². The number of nitrogens with one attached hydrogen (secondary N) is 3. The first kappa shape index (κ1) is 22.8. The minimum Gasteiger partial charge on any atom is -0.383 e. The quantitative estimate of drug-likeness (QED) is 0.358. The van der Waals surface area contributed by atoms with Crippen LogP contribution in [0, 0.1) is 0 Å². The molecule has 162 valence electrons. The average Bonchev–Trinajstić information content (AvgIpc) is 3.35. The van der Waals surface area contributed by atoms with Gasteiger partial charge in [0.25, 0.3) is 0 Å². The number of fused-ring (bicyclic) bond motifs is 2. The second-order valence-corrected chi connectivity index (χ2v) is 9.09. The van der Waals surface area contributed by atoms with Crippen molar-refractivity contribution in [2.75, 3.05) is 45.7 Å². The number of thiazole rings is 1. The van der Waals surface area contributed by atoms with Gasteiger partial charge >= 0.3 is 0 Å². The van der Waals surface area contributed by atoms with E-state index >= 15 is 0 Å². The van der Waals surface area contributed by atoms with E-state index in [9.17, 15) is 4.79 Å². The Balaban J connectivity index is 0.000000244. The summed E-state index contributed by atoms with van der Waals surface area (Å²) in [4.78, 5) is 16.1. The molecular formula is C22H30N4O2S2. The van der Waals surface area contributed by atoms with Crippen molar-refractivity contribution in [1.82, 2.24) is 15.6 Å². The molecule has 1 aliphatic heterocycles. The maximum absolute atomic E-state index is 9.77. The molecule has 0 saturated heterocycles. The number of thiophene rings is 1. The summed E-state index contributed by atoms with van der Waals surface area (Å²) in [5.41, 5.74) is 3.91. The molecule has 3 heterocycles. The van der Waals surface area contributed by atoms with Crippen LogP contribution in [0.5, 0.6) is 0 Å². The number of para-hydroxylation sites is 1. The van der Waals surface area contributed by atoms with Gasteiger partial charge in [0.15, 0.2) is 0 Å². The molecule has 1 atom stereocenters. The standard InChI is InChI=1S/C16H17N3S2.C6H13NO2/c1-9-14-10(7-8-18-9)13(15(17-2)21-14)16-19-11-5-3-4-6-12(11)20-16;1-9-6-4-7-3-2-5-8/h3-6,9,17-18H,7-8H2,1-2H3;5,7H,2-4,6H2,1H3. The molecule has 1 unspecified atom stereocenters. The zero-order valence-electron chi connectivity index (χ0n) is 17.8. The number of aromatic nitrogens is 1. The molecule has 0 spiro atoms. The van der Waals surface area contributed by atoms with Gasteiger partial charge in [-0.1, -0.05) is 12.1 Å². The van der Waals surface area contributed by atoms with Crippen molar-refractivity contribution < 1.29 is 9.53 Å². The number of methoxy groups -OCH3 is 1. The lowest BCUT2D eigenvalue weighted by atomic mass is 10.0. The van der Waals surface area contributed by atoms with Crippen molar-refractivity contribution in [2.45, 2.75) is 25.8 Å². The third-order valence-corrected chi connectivity index (χ3v) is 7.40. The van der Waals surface area contributed by atoms with Crippen LogP contribution in [0.2, 0.25) is 0 Å². The Labute approximate surface area is 186 Å². The summed E-state index contributed by atoms with van der Waals surface area (Å²) in [5, 5.41) is 12.3. The number of rotatable bonds is 8. The Kier molecular flexibility index (Phi) is 8.77. The Morgan fingerprint density at radius 1 is 1.30 bits per heavy atom. The Morgan fingerprint density at radius 3 is 2.87 bits per heavy atom. The Morgan fingerprint density at radius 2 is 2.13 bits per heavy atom. The highest BCUT2D eigenvalue weighted by Crippen LogP contribution is 2.46. The largest absolute Gasteiger partial charge is 0.383 e. The average molecular weight is 447 g/mol. The lowest BCUT2D eigenvalue weighted by Gasteiger charge is -2.20. The topological polar surface area (TPSA) is 75.3 Å². The van der Waals surface area contributed by atoms with Gasteiger partial charge in [0.05, 0.1) is 21.8 Å². The number of carbonyl (C=O) groups excluding carboxylic acids is 1. The second kappa shape index (κ2) is 11.5. The molecule has 6 nitrogen and oxygen atoms in total. The molecule has 3 aromatic rings. The molecule has 0 fully saturated rings. The van der Waals surface area contributed by atoms with Gasteiger partial charge in [0.1, 0.15) is 11.3 Å². The van der Waals surface area contributed by atoms with Gasteiger partial charge in [0, 0.05) is 50.2 Å². The Bertz CT molecular complexity index is 921. The maximum Gasteiger partial charge on any atom is 0.127 e. The van der Waals surface area contributed by atoms with E-state index in [4.69, 9.17) is 9.72 Å². The SMILES string of the molecule is CNc1sc2c(c1-c1nc3ccccc3s1)CCNC2C.COCCNCCC=O. The second-order valence-electron chi connectivity index (χ2n) is 7.01. The maximum atomic E-state index is 9.77. The summed E-state index contributed by atoms with van der Waals surface area (Å²) < 4.78 is 6.03. The fraction of sp³-hybridized carbons (Fsp3) is 0.455. The monoisotopic (exact) mass is 446 g/mol. The van der Waals surface area contributed by atoms with Gasteiger partial charge in [-0.05, 0) is 37.6 Å². The van der Waals surface area contributed by atoms with Gasteiger partial charge in [-0.15, -0.1) is 22.7 Å². The number of benzene rings is 1. The predicted octanol–water partition coefficient (Wildman–Crippen LogP) is 4.08. The molecule has 2 aromatic heterocycles. The summed E-state index contributed by atoms with van der Waals surface area (Å²) in [6.07, 6.45) is 2.58. The molecule has 1 aromatic carbocycles. The van der Waals surface area contributed by atoms with Crippen molar-refractivity contribution in [1.29, 1.82) is 0 Å². The summed E-state index contributed by atoms with van der Waals surface area (Å²) in [6, 6.07) is 8.82. The van der Waals surface area contributed by atoms with Gasteiger partial charge in [0.2, 0.25) is 0 Å². The zero-order chi connectivity index (χ0) is 21.3. The number of hydrogen-bond acceptors (Lipinski definition) is 8. The van der Waals surface area contributed by atoms with E-state index in [1.807, 2.05) is 18.4 Å². The van der Waals surface area contributed by atoms with Gasteiger partial charge in [-0.2, -0.15) is 0 Å². The van der Waals surface area contributed by atoms with Gasteiger partial charge in [-0.3, -0.25) is 0 Å². The molecule has 0 saturated carbocycles. The third kappa shape index (κ3) is 5.44. The van der Waals surface area contributed by atoms with E-state index in [1.165, 1.54) is 25.7 Å². The third-order valence-electron chi connectivity index (χ3n) is 4.91. The fourth-order valence-corrected chi connectivity index (χ4v) is 5.77. The minimum absolute atomic E-state index is 0.439. The van der Waals surface area contributed by atoms with E-state index in [1.54, 1.807) is 18.4 Å². The van der Waals surface area contributed by atoms with Crippen LogP contribution in [0.15, 0.2) is 24.3 Å². The molecule has 30 heavy (non-hydrogen) atoms. The van der Waals surface area contributed by atoms with E-state index in [2.05, 4.69) is 47.1 Å². The van der Waals surface area contributed by atoms with Gasteiger partial charge < -0.3 is 25.5 Å². The first-order valence-electron chi connectivity index (χ1n) is 10.3. The summed E-state index contributed by atoms with van der Waals surface area (Å²) in [5.74, 6) is 0. The van der Waals surface area contributed by atoms with Crippen LogP contribution in [0.1, 0.15) is 29.8 Å². The molecule has 1 aliphatic rings. The van der Waals surface area contributed by atoms with Crippen LogP contribution in [0.4, 0.5) is 5.00 Å². The molecule has 0 bridgehead atoms.